The molecular weight excluding hydrogens is 218 g/mol. The highest BCUT2D eigenvalue weighted by Gasteiger charge is 1.98. The number of rotatable bonds is 9. The van der Waals surface area contributed by atoms with Crippen LogP contribution in [0, 0.1) is 0 Å². The van der Waals surface area contributed by atoms with Gasteiger partial charge in [-0.3, -0.25) is 0 Å². The Labute approximate surface area is 106 Å². The van der Waals surface area contributed by atoms with Crippen LogP contribution in [0.4, 0.5) is 0 Å². The molecule has 0 heterocycles. The molecule has 0 saturated carbocycles. The molecule has 16 heavy (non-hydrogen) atoms. The van der Waals surface area contributed by atoms with E-state index in [0.717, 1.165) is 44.3 Å². The lowest BCUT2D eigenvalue weighted by Crippen LogP contribution is -2.37. The van der Waals surface area contributed by atoms with Crippen LogP contribution in [0.3, 0.4) is 0 Å². The van der Waals surface area contributed by atoms with E-state index in [4.69, 9.17) is 12.2 Å². The van der Waals surface area contributed by atoms with Crippen molar-refractivity contribution in [3.8, 4) is 0 Å². The molecule has 96 valence electrons. The third kappa shape index (κ3) is 8.92. The van der Waals surface area contributed by atoms with Crippen molar-refractivity contribution in [3.05, 3.63) is 0 Å². The van der Waals surface area contributed by atoms with Gasteiger partial charge in [-0.2, -0.15) is 0 Å². The number of unbranched alkanes of at least 4 members (excludes halogenated alkanes) is 1. The highest BCUT2D eigenvalue weighted by molar-refractivity contribution is 7.80. The van der Waals surface area contributed by atoms with Crippen LogP contribution in [-0.2, 0) is 0 Å². The first-order chi connectivity index (χ1) is 7.74. The Morgan fingerprint density at radius 3 is 2.06 bits per heavy atom. The number of nitrogens with one attached hydrogen (secondary N) is 2. The molecule has 0 aliphatic rings. The van der Waals surface area contributed by atoms with E-state index in [1.165, 1.54) is 12.8 Å². The van der Waals surface area contributed by atoms with E-state index in [9.17, 15) is 0 Å². The maximum absolute atomic E-state index is 5.17. The smallest absolute Gasteiger partial charge is 0.166 e. The van der Waals surface area contributed by atoms with Crippen LogP contribution < -0.4 is 10.6 Å². The summed E-state index contributed by atoms with van der Waals surface area (Å²) in [5.74, 6) is 0. The SMILES string of the molecule is CCCCNC(=S)NCCCN(CC)CC. The van der Waals surface area contributed by atoms with Gasteiger partial charge >= 0.3 is 0 Å². The normalized spacial score (nSPS) is 10.5. The predicted molar refractivity (Wildman–Crippen MR) is 75.9 cm³/mol. The molecule has 0 radical (unpaired) electrons. The zero-order valence-electron chi connectivity index (χ0n) is 11.0. The van der Waals surface area contributed by atoms with Crippen LogP contribution in [0.5, 0.6) is 0 Å². The van der Waals surface area contributed by atoms with Crippen molar-refractivity contribution in [2.75, 3.05) is 32.7 Å². The second-order valence-electron chi connectivity index (χ2n) is 3.92. The largest absolute Gasteiger partial charge is 0.363 e. The summed E-state index contributed by atoms with van der Waals surface area (Å²) >= 11 is 5.17. The molecule has 2 N–H and O–H groups in total. The summed E-state index contributed by atoms with van der Waals surface area (Å²) in [6.45, 7) is 12.0. The molecule has 0 aliphatic heterocycles. The van der Waals surface area contributed by atoms with Crippen LogP contribution in [0.1, 0.15) is 40.0 Å². The first kappa shape index (κ1) is 15.7. The predicted octanol–water partition coefficient (Wildman–Crippen LogP) is 1.98. The zero-order chi connectivity index (χ0) is 12.2. The molecule has 0 rings (SSSR count). The molecule has 0 fully saturated rings. The van der Waals surface area contributed by atoms with E-state index in [0.29, 0.717) is 0 Å². The maximum atomic E-state index is 5.17. The Balaban J connectivity index is 3.33. The lowest BCUT2D eigenvalue weighted by molar-refractivity contribution is 0.300. The lowest BCUT2D eigenvalue weighted by Gasteiger charge is -2.18. The molecule has 0 aromatic heterocycles. The van der Waals surface area contributed by atoms with Crippen molar-refractivity contribution in [2.24, 2.45) is 0 Å². The molecule has 3 nitrogen and oxygen atoms in total. The van der Waals surface area contributed by atoms with Crippen molar-refractivity contribution in [3.63, 3.8) is 0 Å². The third-order valence-electron chi connectivity index (χ3n) is 2.65. The van der Waals surface area contributed by atoms with Gasteiger partial charge < -0.3 is 15.5 Å². The van der Waals surface area contributed by atoms with Crippen molar-refractivity contribution in [1.82, 2.24) is 15.5 Å². The van der Waals surface area contributed by atoms with E-state index in [1.807, 2.05) is 0 Å². The molecule has 0 unspecified atom stereocenters. The van der Waals surface area contributed by atoms with Crippen LogP contribution in [0.2, 0.25) is 0 Å². The molecule has 0 aromatic carbocycles. The lowest BCUT2D eigenvalue weighted by atomic mass is 10.3. The average molecular weight is 245 g/mol. The summed E-state index contributed by atoms with van der Waals surface area (Å²) in [5, 5.41) is 7.24. The fraction of sp³-hybridized carbons (Fsp3) is 0.917. The molecule has 0 spiro atoms. The summed E-state index contributed by atoms with van der Waals surface area (Å²) in [4.78, 5) is 2.43. The molecule has 0 amide bonds. The third-order valence-corrected chi connectivity index (χ3v) is 2.94. The number of thiocarbonyl (C=S) groups is 1. The first-order valence-corrected chi connectivity index (χ1v) is 6.89. The number of nitrogens with zero attached hydrogens (tertiary/aromatic N) is 1. The van der Waals surface area contributed by atoms with E-state index < -0.39 is 0 Å². The molecule has 0 aromatic rings. The van der Waals surface area contributed by atoms with Crippen molar-refractivity contribution in [2.45, 2.75) is 40.0 Å². The van der Waals surface area contributed by atoms with E-state index in [2.05, 4.69) is 36.3 Å². The van der Waals surface area contributed by atoms with Crippen molar-refractivity contribution < 1.29 is 0 Å². The highest BCUT2D eigenvalue weighted by atomic mass is 32.1. The Morgan fingerprint density at radius 2 is 1.56 bits per heavy atom. The zero-order valence-corrected chi connectivity index (χ0v) is 11.8. The molecular formula is C12H27N3S. The molecule has 0 saturated heterocycles. The Bertz CT molecular complexity index is 170. The molecule has 0 bridgehead atoms. The van der Waals surface area contributed by atoms with Crippen LogP contribution >= 0.6 is 12.2 Å². The van der Waals surface area contributed by atoms with Gasteiger partial charge in [0.1, 0.15) is 0 Å². The molecule has 0 atom stereocenters. The summed E-state index contributed by atoms with van der Waals surface area (Å²) in [6.07, 6.45) is 3.54. The standard InChI is InChI=1S/C12H27N3S/c1-4-7-9-13-12(16)14-10-8-11-15(5-2)6-3/h4-11H2,1-3H3,(H2,13,14,16). The Kier molecular flexibility index (Phi) is 10.9. The molecule has 0 aliphatic carbocycles. The van der Waals surface area contributed by atoms with Gasteiger partial charge in [0.05, 0.1) is 0 Å². The minimum Gasteiger partial charge on any atom is -0.363 e. The van der Waals surface area contributed by atoms with Gasteiger partial charge in [0.2, 0.25) is 0 Å². The van der Waals surface area contributed by atoms with Gasteiger partial charge in [0.15, 0.2) is 5.11 Å². The van der Waals surface area contributed by atoms with Gasteiger partial charge in [0.25, 0.3) is 0 Å². The Hall–Kier alpha value is -0.350. The molecule has 4 heteroatoms. The summed E-state index contributed by atoms with van der Waals surface area (Å²) < 4.78 is 0. The minimum absolute atomic E-state index is 0.799. The van der Waals surface area contributed by atoms with Crippen LogP contribution in [-0.4, -0.2) is 42.7 Å². The Morgan fingerprint density at radius 1 is 1.00 bits per heavy atom. The van der Waals surface area contributed by atoms with Crippen LogP contribution in [0.25, 0.3) is 0 Å². The average Bonchev–Trinajstić information content (AvgIpc) is 2.30. The van der Waals surface area contributed by atoms with Crippen molar-refractivity contribution in [1.29, 1.82) is 0 Å². The fourth-order valence-corrected chi connectivity index (χ4v) is 1.69. The topological polar surface area (TPSA) is 27.3 Å². The summed E-state index contributed by atoms with van der Waals surface area (Å²) in [5.41, 5.74) is 0. The monoisotopic (exact) mass is 245 g/mol. The van der Waals surface area contributed by atoms with E-state index >= 15 is 0 Å². The van der Waals surface area contributed by atoms with Crippen molar-refractivity contribution >= 4 is 17.3 Å². The second-order valence-corrected chi connectivity index (χ2v) is 4.32. The van der Waals surface area contributed by atoms with Crippen LogP contribution in [0.15, 0.2) is 0 Å². The van der Waals surface area contributed by atoms with Gasteiger partial charge in [-0.25, -0.2) is 0 Å². The highest BCUT2D eigenvalue weighted by Crippen LogP contribution is 1.89. The fourth-order valence-electron chi connectivity index (χ4n) is 1.49. The second kappa shape index (κ2) is 11.1. The maximum Gasteiger partial charge on any atom is 0.166 e. The van der Waals surface area contributed by atoms with E-state index in [-0.39, 0.29) is 0 Å². The number of hydrogen-bond acceptors (Lipinski definition) is 2. The summed E-state index contributed by atoms with van der Waals surface area (Å²) in [6, 6.07) is 0. The summed E-state index contributed by atoms with van der Waals surface area (Å²) in [7, 11) is 0. The number of hydrogen-bond donors (Lipinski definition) is 2. The minimum atomic E-state index is 0.799. The van der Waals surface area contributed by atoms with Gasteiger partial charge in [-0.05, 0) is 44.7 Å². The van der Waals surface area contributed by atoms with Gasteiger partial charge in [0, 0.05) is 13.1 Å². The van der Waals surface area contributed by atoms with Gasteiger partial charge in [-0.15, -0.1) is 0 Å². The first-order valence-electron chi connectivity index (χ1n) is 6.48. The van der Waals surface area contributed by atoms with Gasteiger partial charge in [-0.1, -0.05) is 27.2 Å². The quantitative estimate of drug-likeness (QED) is 0.480. The van der Waals surface area contributed by atoms with E-state index in [1.54, 1.807) is 0 Å².